The largest absolute Gasteiger partial charge is 0.465 e. The number of ether oxygens (including phenoxy) is 1. The quantitative estimate of drug-likeness (QED) is 0.748. The lowest BCUT2D eigenvalue weighted by Gasteiger charge is -2.28. The molecule has 154 valence electrons. The number of carboxylic acid groups (broad SMARTS) is 1. The summed E-state index contributed by atoms with van der Waals surface area (Å²) in [6, 6.07) is 9.16. The van der Waals surface area contributed by atoms with Crippen LogP contribution in [0.15, 0.2) is 43.0 Å². The van der Waals surface area contributed by atoms with Gasteiger partial charge >= 0.3 is 12.2 Å². The first kappa shape index (κ1) is 20.7. The summed E-state index contributed by atoms with van der Waals surface area (Å²) >= 11 is 0. The van der Waals surface area contributed by atoms with Crippen LogP contribution in [-0.4, -0.2) is 47.7 Å². The molecule has 0 spiro atoms. The molecule has 2 amide bonds. The van der Waals surface area contributed by atoms with Crippen LogP contribution in [0.5, 0.6) is 0 Å². The Morgan fingerprint density at radius 1 is 1.31 bits per heavy atom. The Morgan fingerprint density at radius 3 is 2.52 bits per heavy atom. The molecule has 0 fully saturated rings. The molecule has 29 heavy (non-hydrogen) atoms. The number of rotatable bonds is 4. The smallest absolute Gasteiger partial charge is 0.415 e. The Morgan fingerprint density at radius 2 is 1.97 bits per heavy atom. The van der Waals surface area contributed by atoms with Gasteiger partial charge in [0.2, 0.25) is 0 Å². The van der Waals surface area contributed by atoms with Gasteiger partial charge in [0, 0.05) is 24.4 Å². The van der Waals surface area contributed by atoms with Gasteiger partial charge < -0.3 is 14.9 Å². The predicted octanol–water partition coefficient (Wildman–Crippen LogP) is 4.34. The normalized spacial score (nSPS) is 15.9. The number of benzene rings is 2. The van der Waals surface area contributed by atoms with Crippen molar-refractivity contribution in [2.75, 3.05) is 29.5 Å². The zero-order valence-electron chi connectivity index (χ0n) is 16.9. The lowest BCUT2D eigenvalue weighted by atomic mass is 9.94. The van der Waals surface area contributed by atoms with Gasteiger partial charge in [0.15, 0.2) is 0 Å². The third-order valence-electron chi connectivity index (χ3n) is 4.81. The molecule has 0 bridgehead atoms. The topological polar surface area (TPSA) is 90.3 Å². The molecular weight excluding hydrogens is 372 g/mol. The Hall–Kier alpha value is -3.06. The van der Waals surface area contributed by atoms with Crippen LogP contribution >= 0.6 is 0 Å². The maximum absolute atomic E-state index is 12.9. The van der Waals surface area contributed by atoms with E-state index in [0.29, 0.717) is 11.4 Å². The highest BCUT2D eigenvalue weighted by atomic mass is 16.6. The summed E-state index contributed by atoms with van der Waals surface area (Å²) in [5, 5.41) is 21.1. The maximum Gasteiger partial charge on any atom is 0.415 e. The SMILES string of the molecule is C=CCN(C(=O)OC(C)(C)C)c1cc2c(c3ccccc13)C(CO)CN2C(=O)O. The molecule has 0 aromatic heterocycles. The second-order valence-electron chi connectivity index (χ2n) is 8.03. The molecule has 1 heterocycles. The maximum atomic E-state index is 12.9. The highest BCUT2D eigenvalue weighted by Crippen LogP contribution is 2.45. The molecule has 7 heteroatoms. The number of hydrogen-bond acceptors (Lipinski definition) is 4. The van der Waals surface area contributed by atoms with Crippen LogP contribution in [-0.2, 0) is 4.74 Å². The molecule has 7 nitrogen and oxygen atoms in total. The zero-order valence-corrected chi connectivity index (χ0v) is 16.9. The molecule has 0 radical (unpaired) electrons. The lowest BCUT2D eigenvalue weighted by Crippen LogP contribution is -2.37. The molecule has 3 rings (SSSR count). The number of nitrogens with zero attached hydrogens (tertiary/aromatic N) is 2. The van der Waals surface area contributed by atoms with E-state index in [1.54, 1.807) is 32.9 Å². The van der Waals surface area contributed by atoms with E-state index in [0.717, 1.165) is 16.3 Å². The van der Waals surface area contributed by atoms with Crippen LogP contribution in [0.4, 0.5) is 21.0 Å². The second kappa shape index (κ2) is 7.75. The first-order valence-electron chi connectivity index (χ1n) is 9.46. The lowest BCUT2D eigenvalue weighted by molar-refractivity contribution is 0.0584. The van der Waals surface area contributed by atoms with E-state index in [1.807, 2.05) is 24.3 Å². The summed E-state index contributed by atoms with van der Waals surface area (Å²) in [5.41, 5.74) is 1.11. The number of carbonyl (C=O) groups is 2. The van der Waals surface area contributed by atoms with Crippen LogP contribution in [0.3, 0.4) is 0 Å². The molecule has 1 atom stereocenters. The third kappa shape index (κ3) is 3.91. The van der Waals surface area contributed by atoms with Gasteiger partial charge in [-0.25, -0.2) is 9.59 Å². The molecule has 2 aromatic carbocycles. The standard InChI is InChI=1S/C22H26N2O5/c1-5-10-23(21(28)29-22(2,3)4)17-11-18-19(16-9-7-6-8-15(16)17)14(13-25)12-24(18)20(26)27/h5-9,11,14,25H,1,10,12-13H2,2-4H3,(H,26,27). The molecule has 1 aliphatic heterocycles. The number of fused-ring (bicyclic) bond motifs is 3. The number of aliphatic hydroxyl groups is 1. The van der Waals surface area contributed by atoms with E-state index in [-0.39, 0.29) is 25.6 Å². The van der Waals surface area contributed by atoms with Gasteiger partial charge in [-0.05, 0) is 37.8 Å². The number of carbonyl (C=O) groups excluding carboxylic acids is 1. The Bertz CT molecular complexity index is 964. The van der Waals surface area contributed by atoms with Crippen LogP contribution in [0, 0.1) is 0 Å². The summed E-state index contributed by atoms with van der Waals surface area (Å²) in [6.45, 7) is 9.31. The predicted molar refractivity (Wildman–Crippen MR) is 113 cm³/mol. The van der Waals surface area contributed by atoms with Crippen molar-refractivity contribution in [2.45, 2.75) is 32.3 Å². The number of anilines is 2. The van der Waals surface area contributed by atoms with Crippen molar-refractivity contribution in [3.8, 4) is 0 Å². The van der Waals surface area contributed by atoms with E-state index >= 15 is 0 Å². The number of aliphatic hydroxyl groups excluding tert-OH is 1. The first-order chi connectivity index (χ1) is 13.7. The van der Waals surface area contributed by atoms with Crippen molar-refractivity contribution in [3.63, 3.8) is 0 Å². The van der Waals surface area contributed by atoms with Gasteiger partial charge in [0.05, 0.1) is 18.0 Å². The van der Waals surface area contributed by atoms with Gasteiger partial charge in [0.25, 0.3) is 0 Å². The third-order valence-corrected chi connectivity index (χ3v) is 4.81. The number of amides is 2. The molecule has 0 aliphatic carbocycles. The molecule has 2 N–H and O–H groups in total. The van der Waals surface area contributed by atoms with Crippen molar-refractivity contribution >= 4 is 34.3 Å². The average Bonchev–Trinajstić information content (AvgIpc) is 3.03. The fourth-order valence-corrected chi connectivity index (χ4v) is 3.70. The average molecular weight is 398 g/mol. The Labute approximate surface area is 169 Å². The van der Waals surface area contributed by atoms with Crippen LogP contribution in [0.25, 0.3) is 10.8 Å². The number of hydrogen-bond donors (Lipinski definition) is 2. The highest BCUT2D eigenvalue weighted by molar-refractivity contribution is 6.08. The van der Waals surface area contributed by atoms with Crippen molar-refractivity contribution in [3.05, 3.63) is 48.6 Å². The van der Waals surface area contributed by atoms with Crippen molar-refractivity contribution in [2.24, 2.45) is 0 Å². The molecule has 0 saturated carbocycles. The summed E-state index contributed by atoms with van der Waals surface area (Å²) in [7, 11) is 0. The van der Waals surface area contributed by atoms with Gasteiger partial charge in [-0.3, -0.25) is 9.80 Å². The van der Waals surface area contributed by atoms with Crippen molar-refractivity contribution in [1.82, 2.24) is 0 Å². The highest BCUT2D eigenvalue weighted by Gasteiger charge is 2.35. The van der Waals surface area contributed by atoms with Crippen LogP contribution < -0.4 is 9.80 Å². The van der Waals surface area contributed by atoms with Crippen LogP contribution in [0.1, 0.15) is 32.3 Å². The molecule has 1 aliphatic rings. The van der Waals surface area contributed by atoms with E-state index in [9.17, 15) is 19.8 Å². The van der Waals surface area contributed by atoms with Gasteiger partial charge in [-0.15, -0.1) is 6.58 Å². The van der Waals surface area contributed by atoms with Gasteiger partial charge in [-0.2, -0.15) is 0 Å². The van der Waals surface area contributed by atoms with Crippen molar-refractivity contribution < 1.29 is 24.5 Å². The Kier molecular flexibility index (Phi) is 5.53. The minimum absolute atomic E-state index is 0.164. The monoisotopic (exact) mass is 398 g/mol. The molecule has 0 saturated heterocycles. The minimum Gasteiger partial charge on any atom is -0.465 e. The fraction of sp³-hybridized carbons (Fsp3) is 0.364. The van der Waals surface area contributed by atoms with E-state index in [2.05, 4.69) is 6.58 Å². The summed E-state index contributed by atoms with van der Waals surface area (Å²) < 4.78 is 5.56. The van der Waals surface area contributed by atoms with E-state index < -0.39 is 17.8 Å². The molecular formula is C22H26N2O5. The summed E-state index contributed by atoms with van der Waals surface area (Å²) in [5.74, 6) is -0.325. The first-order valence-corrected chi connectivity index (χ1v) is 9.46. The van der Waals surface area contributed by atoms with E-state index in [1.165, 1.54) is 9.80 Å². The van der Waals surface area contributed by atoms with Crippen molar-refractivity contribution in [1.29, 1.82) is 0 Å². The summed E-state index contributed by atoms with van der Waals surface area (Å²) in [6.07, 6.45) is -0.0470. The molecule has 2 aromatic rings. The molecule has 1 unspecified atom stereocenters. The van der Waals surface area contributed by atoms with Gasteiger partial charge in [0.1, 0.15) is 5.60 Å². The van der Waals surface area contributed by atoms with Gasteiger partial charge in [-0.1, -0.05) is 30.3 Å². The fourth-order valence-electron chi connectivity index (χ4n) is 3.70. The van der Waals surface area contributed by atoms with E-state index in [4.69, 9.17) is 4.74 Å². The second-order valence-corrected chi connectivity index (χ2v) is 8.03. The Balaban J connectivity index is 2.25. The van der Waals surface area contributed by atoms with Crippen LogP contribution in [0.2, 0.25) is 0 Å². The zero-order chi connectivity index (χ0) is 21.3. The summed E-state index contributed by atoms with van der Waals surface area (Å²) in [4.78, 5) is 27.4. The minimum atomic E-state index is -1.10.